The van der Waals surface area contributed by atoms with Gasteiger partial charge in [0.25, 0.3) is 0 Å². The van der Waals surface area contributed by atoms with Gasteiger partial charge in [0, 0.05) is 0 Å². The van der Waals surface area contributed by atoms with Gasteiger partial charge in [-0.2, -0.15) is 0 Å². The Morgan fingerprint density at radius 3 is 1.09 bits per heavy atom. The zero-order chi connectivity index (χ0) is 17.0. The van der Waals surface area contributed by atoms with Gasteiger partial charge in [0.1, 0.15) is 0 Å². The molecule has 2 aromatic carbocycles. The largest absolute Gasteiger partial charge is 2.00 e. The average Bonchev–Trinajstić information content (AvgIpc) is 2.37. The van der Waals surface area contributed by atoms with Crippen LogP contribution in [0, 0.1) is 13.8 Å². The van der Waals surface area contributed by atoms with Crippen molar-refractivity contribution >= 4 is 57.8 Å². The molecule has 120 valence electrons. The van der Waals surface area contributed by atoms with Crippen molar-refractivity contribution in [3.8, 4) is 0 Å². The Kier molecular flexibility index (Phi) is 8.93. The smallest absolute Gasteiger partial charge is 0.560 e. The summed E-state index contributed by atoms with van der Waals surface area (Å²) in [6.07, 6.45) is 0. The molecule has 6 nitrogen and oxygen atoms in total. The molecule has 0 aliphatic carbocycles. The summed E-state index contributed by atoms with van der Waals surface area (Å²) in [4.78, 5) is 0.167. The van der Waals surface area contributed by atoms with Crippen molar-refractivity contribution in [3.63, 3.8) is 0 Å². The number of rotatable bonds is 2. The molecule has 0 bridgehead atoms. The molecule has 0 aromatic heterocycles. The third kappa shape index (κ3) is 7.30. The molecule has 0 fully saturated rings. The van der Waals surface area contributed by atoms with E-state index < -0.39 is 20.0 Å². The summed E-state index contributed by atoms with van der Waals surface area (Å²) in [7, 11) is -7.57. The van der Waals surface area contributed by atoms with E-state index in [0.717, 1.165) is 0 Å². The fourth-order valence-corrected chi connectivity index (χ4v) is 3.22. The number of aryl methyl sites for hydroxylation is 2. The Morgan fingerprint density at radius 2 is 0.913 bits per heavy atom. The van der Waals surface area contributed by atoms with Crippen LogP contribution in [0.4, 0.5) is 0 Å². The number of benzene rings is 2. The quantitative estimate of drug-likeness (QED) is 0.744. The molecule has 2 N–H and O–H groups in total. The van der Waals surface area contributed by atoms with Crippen molar-refractivity contribution in [3.05, 3.63) is 69.9 Å². The molecule has 0 atom stereocenters. The molecule has 0 saturated carbocycles. The van der Waals surface area contributed by atoms with Gasteiger partial charge in [0.15, 0.2) is 0 Å². The van der Waals surface area contributed by atoms with Gasteiger partial charge in [0.2, 0.25) is 0 Å². The first-order valence-electron chi connectivity index (χ1n) is 6.14. The Hall–Kier alpha value is -0.480. The van der Waals surface area contributed by atoms with E-state index in [1.807, 2.05) is 0 Å². The maximum atomic E-state index is 10.7. The van der Waals surface area contributed by atoms with E-state index in [0.29, 0.717) is 11.1 Å². The molecule has 0 heterocycles. The Labute approximate surface area is 167 Å². The molecule has 23 heavy (non-hydrogen) atoms. The molecule has 0 amide bonds. The first-order valence-corrected chi connectivity index (χ1v) is 9.10. The minimum Gasteiger partial charge on any atom is -0.560 e. The summed E-state index contributed by atoms with van der Waals surface area (Å²) in [5.41, 5.74) is 1.23. The Morgan fingerprint density at radius 1 is 0.652 bits per heavy atom. The van der Waals surface area contributed by atoms with Gasteiger partial charge in [-0.1, -0.05) is 36.4 Å². The van der Waals surface area contributed by atoms with E-state index in [9.17, 15) is 16.8 Å². The van der Waals surface area contributed by atoms with Gasteiger partial charge in [-0.05, 0) is 37.1 Å². The van der Waals surface area contributed by atoms with Crippen LogP contribution in [0.15, 0.2) is 58.3 Å². The Balaban J connectivity index is 0.000000403. The van der Waals surface area contributed by atoms with E-state index in [4.69, 9.17) is 10.3 Å². The van der Waals surface area contributed by atoms with E-state index in [1.165, 1.54) is 12.1 Å². The Bertz CT molecular complexity index is 792. The molecule has 9 heteroatoms. The van der Waals surface area contributed by atoms with Gasteiger partial charge in [-0.15, -0.1) is 0 Å². The third-order valence-corrected chi connectivity index (χ3v) is 4.84. The number of sulfonamides is 2. The van der Waals surface area contributed by atoms with Crippen LogP contribution < -0.4 is 0 Å². The second-order valence-corrected chi connectivity index (χ2v) is 7.43. The second-order valence-electron chi connectivity index (χ2n) is 4.54. The van der Waals surface area contributed by atoms with Gasteiger partial charge in [-0.25, -0.2) is 16.8 Å². The molecular weight excluding hydrogens is 364 g/mol. The maximum Gasteiger partial charge on any atom is 2.00 e. The number of hydrogen-bond donors (Lipinski definition) is 0. The fraction of sp³-hybridized carbons (Fsp3) is 0.143. The van der Waals surface area contributed by atoms with Gasteiger partial charge < -0.3 is 10.3 Å². The van der Waals surface area contributed by atoms with E-state index >= 15 is 0 Å². The maximum absolute atomic E-state index is 10.7. The monoisotopic (exact) mass is 380 g/mol. The fourth-order valence-electron chi connectivity index (χ4n) is 1.72. The molecule has 0 spiro atoms. The van der Waals surface area contributed by atoms with Crippen LogP contribution in [0.1, 0.15) is 11.1 Å². The van der Waals surface area contributed by atoms with Crippen molar-refractivity contribution in [2.24, 2.45) is 0 Å². The normalized spacial score (nSPS) is 11.0. The number of hydrogen-bond acceptors (Lipinski definition) is 4. The van der Waals surface area contributed by atoms with Crippen molar-refractivity contribution < 1.29 is 16.8 Å². The predicted molar refractivity (Wildman–Crippen MR) is 91.1 cm³/mol. The van der Waals surface area contributed by atoms with E-state index in [2.05, 4.69) is 0 Å². The summed E-state index contributed by atoms with van der Waals surface area (Å²) >= 11 is 0. The SMILES string of the molecule is Cc1ccccc1S([NH-])(=O)=O.Cc1ccccc1S([NH-])(=O)=O.[Ca+2]. The molecule has 0 aliphatic heterocycles. The van der Waals surface area contributed by atoms with E-state index in [-0.39, 0.29) is 47.5 Å². The predicted octanol–water partition coefficient (Wildman–Crippen LogP) is 3.09. The molecule has 0 aliphatic rings. The molecule has 2 rings (SSSR count). The molecule has 0 unspecified atom stereocenters. The van der Waals surface area contributed by atoms with Crippen LogP contribution in [0.2, 0.25) is 0 Å². The molecule has 0 saturated heterocycles. The minimum atomic E-state index is -3.78. The minimum absolute atomic E-state index is 0. The van der Waals surface area contributed by atoms with Crippen LogP contribution in [-0.2, 0) is 20.0 Å². The van der Waals surface area contributed by atoms with Crippen LogP contribution in [0.25, 0.3) is 10.3 Å². The van der Waals surface area contributed by atoms with Gasteiger partial charge in [-0.3, -0.25) is 0 Å². The van der Waals surface area contributed by atoms with Crippen molar-refractivity contribution in [2.75, 3.05) is 0 Å². The zero-order valence-corrected chi connectivity index (χ0v) is 16.6. The zero-order valence-electron chi connectivity index (χ0n) is 12.8. The average molecular weight is 381 g/mol. The van der Waals surface area contributed by atoms with Crippen molar-refractivity contribution in [1.82, 2.24) is 0 Å². The van der Waals surface area contributed by atoms with Crippen LogP contribution in [-0.4, -0.2) is 54.6 Å². The van der Waals surface area contributed by atoms with Crippen molar-refractivity contribution in [1.29, 1.82) is 0 Å². The van der Waals surface area contributed by atoms with E-state index in [1.54, 1.807) is 50.2 Å². The standard InChI is InChI=1S/2C7H8NO2S.Ca/c2*1-6-4-2-3-5-7(6)11(8,9)10;/h2*2-5H,1H3,(H-,8,9,10);/q2*-1;+2. The molecule has 2 aromatic rings. The summed E-state index contributed by atoms with van der Waals surface area (Å²) in [6, 6.07) is 12.9. The third-order valence-electron chi connectivity index (χ3n) is 2.77. The topological polar surface area (TPSA) is 116 Å². The molecule has 0 radical (unpaired) electrons. The van der Waals surface area contributed by atoms with Crippen molar-refractivity contribution in [2.45, 2.75) is 23.6 Å². The summed E-state index contributed by atoms with van der Waals surface area (Å²) < 4.78 is 42.9. The van der Waals surface area contributed by atoms with Crippen LogP contribution >= 0.6 is 0 Å². The van der Waals surface area contributed by atoms with Gasteiger partial charge in [0.05, 0.1) is 29.8 Å². The van der Waals surface area contributed by atoms with Crippen LogP contribution in [0.3, 0.4) is 0 Å². The second kappa shape index (κ2) is 9.12. The first-order chi connectivity index (χ1) is 10.0. The van der Waals surface area contributed by atoms with Gasteiger partial charge >= 0.3 is 37.7 Å². The number of nitrogens with one attached hydrogen (secondary N) is 2. The summed E-state index contributed by atoms with van der Waals surface area (Å²) in [6.45, 7) is 3.34. The summed E-state index contributed by atoms with van der Waals surface area (Å²) in [5, 5.41) is 13.6. The summed E-state index contributed by atoms with van der Waals surface area (Å²) in [5.74, 6) is 0. The van der Waals surface area contributed by atoms with Crippen LogP contribution in [0.5, 0.6) is 0 Å². The molecular formula is C14H16CaN2O4S2. The first kappa shape index (κ1) is 22.5.